The van der Waals surface area contributed by atoms with E-state index in [0.29, 0.717) is 5.82 Å². The van der Waals surface area contributed by atoms with Crippen LogP contribution >= 0.6 is 22.7 Å². The third-order valence-electron chi connectivity index (χ3n) is 3.97. The maximum atomic E-state index is 4.85. The minimum atomic E-state index is 0.611. The Morgan fingerprint density at radius 2 is 1.52 bits per heavy atom. The van der Waals surface area contributed by atoms with E-state index in [2.05, 4.69) is 44.8 Å². The van der Waals surface area contributed by atoms with Gasteiger partial charge in [-0.1, -0.05) is 30.3 Å². The van der Waals surface area contributed by atoms with Gasteiger partial charge < -0.3 is 4.98 Å². The van der Waals surface area contributed by atoms with E-state index in [4.69, 9.17) is 4.98 Å². The number of hydrogen-bond acceptors (Lipinski definition) is 5. The van der Waals surface area contributed by atoms with Gasteiger partial charge >= 0.3 is 0 Å². The lowest BCUT2D eigenvalue weighted by Gasteiger charge is -2.05. The van der Waals surface area contributed by atoms with Crippen LogP contribution in [0.1, 0.15) is 0 Å². The Kier molecular flexibility index (Phi) is 3.43. The molecule has 120 valence electrons. The molecule has 1 aromatic carbocycles. The van der Waals surface area contributed by atoms with Crippen molar-refractivity contribution in [2.45, 2.75) is 0 Å². The summed E-state index contributed by atoms with van der Waals surface area (Å²) in [6.45, 7) is 0. The number of aromatic amines is 1. The lowest BCUT2D eigenvalue weighted by atomic mass is 10.2. The molecule has 0 spiro atoms. The van der Waals surface area contributed by atoms with Gasteiger partial charge in [0.15, 0.2) is 5.82 Å². The molecule has 4 heterocycles. The molecule has 0 amide bonds. The van der Waals surface area contributed by atoms with Crippen molar-refractivity contribution in [3.63, 3.8) is 0 Å². The average molecular weight is 360 g/mol. The number of benzene rings is 1. The summed E-state index contributed by atoms with van der Waals surface area (Å²) < 4.78 is 0. The van der Waals surface area contributed by atoms with Crippen LogP contribution in [0.2, 0.25) is 0 Å². The molecule has 0 bridgehead atoms. The van der Waals surface area contributed by atoms with E-state index in [1.165, 1.54) is 0 Å². The van der Waals surface area contributed by atoms with Gasteiger partial charge in [0.05, 0.1) is 15.4 Å². The predicted molar refractivity (Wildman–Crippen MR) is 104 cm³/mol. The number of para-hydroxylation sites is 1. The van der Waals surface area contributed by atoms with E-state index < -0.39 is 0 Å². The molecule has 0 atom stereocenters. The zero-order valence-electron chi connectivity index (χ0n) is 13.0. The monoisotopic (exact) mass is 360 g/mol. The molecule has 0 aliphatic carbocycles. The van der Waals surface area contributed by atoms with E-state index in [1.807, 2.05) is 35.7 Å². The SMILES string of the molecule is c1csc(-c2nnc(-c3cc4ccccc4[nH]3)nc2-c2cccs2)c1. The average Bonchev–Trinajstić information content (AvgIpc) is 3.42. The summed E-state index contributed by atoms with van der Waals surface area (Å²) in [6.07, 6.45) is 0. The van der Waals surface area contributed by atoms with E-state index in [-0.39, 0.29) is 0 Å². The van der Waals surface area contributed by atoms with Gasteiger partial charge in [0.1, 0.15) is 11.4 Å². The summed E-state index contributed by atoms with van der Waals surface area (Å²) in [5.41, 5.74) is 3.66. The first-order chi connectivity index (χ1) is 12.4. The van der Waals surface area contributed by atoms with Crippen LogP contribution in [-0.2, 0) is 0 Å². The lowest BCUT2D eigenvalue weighted by Crippen LogP contribution is -1.98. The fourth-order valence-electron chi connectivity index (χ4n) is 2.80. The first-order valence-corrected chi connectivity index (χ1v) is 9.55. The second-order valence-corrected chi connectivity index (χ2v) is 7.45. The zero-order chi connectivity index (χ0) is 16.6. The van der Waals surface area contributed by atoms with Crippen molar-refractivity contribution in [1.82, 2.24) is 20.2 Å². The number of thiophene rings is 2. The van der Waals surface area contributed by atoms with Crippen molar-refractivity contribution >= 4 is 33.6 Å². The summed E-state index contributed by atoms with van der Waals surface area (Å²) in [5, 5.41) is 14.1. The molecule has 0 saturated carbocycles. The largest absolute Gasteiger partial charge is 0.352 e. The molecule has 1 N–H and O–H groups in total. The van der Waals surface area contributed by atoms with E-state index >= 15 is 0 Å². The van der Waals surface area contributed by atoms with Crippen LogP contribution in [0.3, 0.4) is 0 Å². The molecule has 5 aromatic rings. The van der Waals surface area contributed by atoms with Crippen molar-refractivity contribution in [2.75, 3.05) is 0 Å². The van der Waals surface area contributed by atoms with E-state index in [0.717, 1.165) is 37.7 Å². The number of fused-ring (bicyclic) bond motifs is 1. The van der Waals surface area contributed by atoms with Gasteiger partial charge in [-0.15, -0.1) is 32.9 Å². The maximum absolute atomic E-state index is 4.85. The summed E-state index contributed by atoms with van der Waals surface area (Å²) in [7, 11) is 0. The van der Waals surface area contributed by atoms with Crippen molar-refractivity contribution in [3.8, 4) is 32.7 Å². The molecular weight excluding hydrogens is 348 g/mol. The van der Waals surface area contributed by atoms with Crippen molar-refractivity contribution in [1.29, 1.82) is 0 Å². The zero-order valence-corrected chi connectivity index (χ0v) is 14.6. The first-order valence-electron chi connectivity index (χ1n) is 7.79. The number of nitrogens with zero attached hydrogens (tertiary/aromatic N) is 3. The highest BCUT2D eigenvalue weighted by Gasteiger charge is 2.16. The highest BCUT2D eigenvalue weighted by atomic mass is 32.1. The topological polar surface area (TPSA) is 54.5 Å². The molecule has 0 radical (unpaired) electrons. The molecule has 0 fully saturated rings. The fourth-order valence-corrected chi connectivity index (χ4v) is 4.22. The second kappa shape index (κ2) is 5.91. The highest BCUT2D eigenvalue weighted by Crippen LogP contribution is 2.34. The molecule has 0 saturated heterocycles. The van der Waals surface area contributed by atoms with Gasteiger partial charge in [-0.05, 0) is 35.0 Å². The highest BCUT2D eigenvalue weighted by molar-refractivity contribution is 7.14. The van der Waals surface area contributed by atoms with Gasteiger partial charge in [0, 0.05) is 10.9 Å². The molecule has 0 aliphatic rings. The van der Waals surface area contributed by atoms with Crippen LogP contribution in [0.25, 0.3) is 43.6 Å². The molecule has 0 aliphatic heterocycles. The quantitative estimate of drug-likeness (QED) is 0.464. The van der Waals surface area contributed by atoms with Crippen LogP contribution in [0.5, 0.6) is 0 Å². The van der Waals surface area contributed by atoms with E-state index in [1.54, 1.807) is 22.7 Å². The van der Waals surface area contributed by atoms with Crippen LogP contribution < -0.4 is 0 Å². The summed E-state index contributed by atoms with van der Waals surface area (Å²) in [6, 6.07) is 18.4. The van der Waals surface area contributed by atoms with Crippen LogP contribution in [0.15, 0.2) is 65.4 Å². The summed E-state index contributed by atoms with van der Waals surface area (Å²) in [4.78, 5) is 10.4. The van der Waals surface area contributed by atoms with Crippen LogP contribution in [-0.4, -0.2) is 20.2 Å². The van der Waals surface area contributed by atoms with Gasteiger partial charge in [0.2, 0.25) is 0 Å². The standard InChI is InChI=1S/C19H12N4S2/c1-2-6-13-12(5-1)11-14(20-13)19-21-17(15-7-3-9-24-15)18(22-23-19)16-8-4-10-25-16/h1-11,20H. The lowest BCUT2D eigenvalue weighted by molar-refractivity contribution is 0.989. The first kappa shape index (κ1) is 14.5. The number of nitrogens with one attached hydrogen (secondary N) is 1. The smallest absolute Gasteiger partial charge is 0.198 e. The Labute approximate surface area is 151 Å². The van der Waals surface area contributed by atoms with Crippen LogP contribution in [0, 0.1) is 0 Å². The fraction of sp³-hybridized carbons (Fsp3) is 0. The van der Waals surface area contributed by atoms with Gasteiger partial charge in [-0.3, -0.25) is 0 Å². The number of aromatic nitrogens is 4. The maximum Gasteiger partial charge on any atom is 0.198 e. The molecule has 4 aromatic heterocycles. The number of rotatable bonds is 3. The molecule has 4 nitrogen and oxygen atoms in total. The van der Waals surface area contributed by atoms with Crippen molar-refractivity contribution < 1.29 is 0 Å². The molecule has 25 heavy (non-hydrogen) atoms. The number of hydrogen-bond donors (Lipinski definition) is 1. The Hall–Kier alpha value is -2.83. The molecule has 0 unspecified atom stereocenters. The van der Waals surface area contributed by atoms with Gasteiger partial charge in [-0.2, -0.15) is 0 Å². The van der Waals surface area contributed by atoms with Crippen molar-refractivity contribution in [2.24, 2.45) is 0 Å². The number of H-pyrrole nitrogens is 1. The minimum absolute atomic E-state index is 0.611. The predicted octanol–water partition coefficient (Wildman–Crippen LogP) is 5.48. The Bertz CT molecular complexity index is 1110. The van der Waals surface area contributed by atoms with E-state index in [9.17, 15) is 0 Å². The third kappa shape index (κ3) is 2.56. The summed E-state index contributed by atoms with van der Waals surface area (Å²) in [5.74, 6) is 0.611. The molecular formula is C19H12N4S2. The normalized spacial score (nSPS) is 11.2. The van der Waals surface area contributed by atoms with Gasteiger partial charge in [-0.25, -0.2) is 4.98 Å². The third-order valence-corrected chi connectivity index (χ3v) is 5.72. The minimum Gasteiger partial charge on any atom is -0.352 e. The Balaban J connectivity index is 1.70. The van der Waals surface area contributed by atoms with Crippen molar-refractivity contribution in [3.05, 3.63) is 65.4 Å². The molecule has 6 heteroatoms. The summed E-state index contributed by atoms with van der Waals surface area (Å²) >= 11 is 3.31. The Morgan fingerprint density at radius 1 is 0.760 bits per heavy atom. The molecule has 5 rings (SSSR count). The second-order valence-electron chi connectivity index (χ2n) is 5.56. The Morgan fingerprint density at radius 3 is 2.24 bits per heavy atom. The van der Waals surface area contributed by atoms with Gasteiger partial charge in [0.25, 0.3) is 0 Å². The van der Waals surface area contributed by atoms with Crippen LogP contribution in [0.4, 0.5) is 0 Å².